The Bertz CT molecular complexity index is 176. The number of nitrogens with zero attached hydrogens (tertiary/aromatic N) is 2. The number of hydrogen-bond donors (Lipinski definition) is 3. The predicted molar refractivity (Wildman–Crippen MR) is 87.9 cm³/mol. The summed E-state index contributed by atoms with van der Waals surface area (Å²) < 4.78 is 0. The van der Waals surface area contributed by atoms with E-state index in [1.54, 1.807) is 0 Å². The van der Waals surface area contributed by atoms with E-state index in [2.05, 4.69) is 63.1 Å². The van der Waals surface area contributed by atoms with Gasteiger partial charge < -0.3 is 24.5 Å². The third kappa shape index (κ3) is 32.2. The standard InChI is InChI=1S/2C6H15N.H3O3PS/c2*1-4-7(5-2)6-3;1-4(2,3)5/h2*4-6H2,1-3H3;(H3,1,2,3,5). The fourth-order valence-corrected chi connectivity index (χ4v) is 1.34. The first-order valence-corrected chi connectivity index (χ1v) is 9.58. The van der Waals surface area contributed by atoms with Gasteiger partial charge in [-0.3, -0.25) is 0 Å². The first kappa shape index (κ1) is 24.5. The molecule has 0 aliphatic carbocycles. The Morgan fingerprint density at radius 1 is 0.632 bits per heavy atom. The molecule has 0 aromatic carbocycles. The SMILES string of the molecule is CCN(CC)CC.CCN(CC)CC.OP(O)(O)=S. The second-order valence-corrected chi connectivity index (χ2v) is 6.25. The van der Waals surface area contributed by atoms with E-state index < -0.39 is 6.72 Å². The van der Waals surface area contributed by atoms with Crippen molar-refractivity contribution in [2.24, 2.45) is 0 Å². The molecule has 0 fully saturated rings. The molecule has 0 aliphatic heterocycles. The first-order chi connectivity index (χ1) is 8.69. The van der Waals surface area contributed by atoms with Crippen molar-refractivity contribution in [1.29, 1.82) is 0 Å². The molecule has 5 nitrogen and oxygen atoms in total. The van der Waals surface area contributed by atoms with Crippen LogP contribution in [0.2, 0.25) is 0 Å². The molecule has 0 amide bonds. The van der Waals surface area contributed by atoms with Gasteiger partial charge in [-0.25, -0.2) is 0 Å². The molecule has 120 valence electrons. The van der Waals surface area contributed by atoms with Crippen LogP contribution in [0.3, 0.4) is 0 Å². The van der Waals surface area contributed by atoms with Gasteiger partial charge in [0.2, 0.25) is 0 Å². The Hall–Kier alpha value is 0.450. The van der Waals surface area contributed by atoms with Gasteiger partial charge in [-0.05, 0) is 51.1 Å². The molecular weight excluding hydrogens is 283 g/mol. The van der Waals surface area contributed by atoms with Crippen LogP contribution in [0.1, 0.15) is 41.5 Å². The van der Waals surface area contributed by atoms with E-state index >= 15 is 0 Å². The summed E-state index contributed by atoms with van der Waals surface area (Å²) in [5.74, 6) is 0. The van der Waals surface area contributed by atoms with Gasteiger partial charge in [0, 0.05) is 0 Å². The highest BCUT2D eigenvalue weighted by Gasteiger charge is 1.92. The maximum atomic E-state index is 7.56. The lowest BCUT2D eigenvalue weighted by atomic mass is 10.5. The van der Waals surface area contributed by atoms with E-state index in [-0.39, 0.29) is 0 Å². The molecule has 0 aromatic heterocycles. The minimum Gasteiger partial charge on any atom is -0.325 e. The maximum absolute atomic E-state index is 7.56. The van der Waals surface area contributed by atoms with Crippen LogP contribution in [0.4, 0.5) is 0 Å². The summed E-state index contributed by atoms with van der Waals surface area (Å²) in [4.78, 5) is 27.4. The summed E-state index contributed by atoms with van der Waals surface area (Å²) >= 11 is 3.60. The van der Waals surface area contributed by atoms with Crippen LogP contribution in [-0.2, 0) is 11.8 Å². The highest BCUT2D eigenvalue weighted by Crippen LogP contribution is 2.26. The quantitative estimate of drug-likeness (QED) is 0.650. The summed E-state index contributed by atoms with van der Waals surface area (Å²) in [5.41, 5.74) is 0. The van der Waals surface area contributed by atoms with Crippen LogP contribution in [0, 0.1) is 0 Å². The van der Waals surface area contributed by atoms with Crippen LogP contribution in [0.15, 0.2) is 0 Å². The van der Waals surface area contributed by atoms with E-state index in [1.807, 2.05) is 0 Å². The van der Waals surface area contributed by atoms with Crippen LogP contribution in [0.5, 0.6) is 0 Å². The minimum absolute atomic E-state index is 1.19. The van der Waals surface area contributed by atoms with Crippen LogP contribution in [0.25, 0.3) is 0 Å². The molecule has 0 saturated carbocycles. The predicted octanol–water partition coefficient (Wildman–Crippen LogP) is 1.88. The summed E-state index contributed by atoms with van der Waals surface area (Å²) in [6.45, 7) is 16.4. The largest absolute Gasteiger partial charge is 0.325 e. The van der Waals surface area contributed by atoms with E-state index in [4.69, 9.17) is 14.7 Å². The molecule has 0 heterocycles. The molecule has 3 N–H and O–H groups in total. The zero-order valence-electron chi connectivity index (χ0n) is 13.3. The third-order valence-electron chi connectivity index (χ3n) is 2.68. The molecule has 0 saturated heterocycles. The molecule has 0 spiro atoms. The van der Waals surface area contributed by atoms with Crippen molar-refractivity contribution in [2.45, 2.75) is 41.5 Å². The van der Waals surface area contributed by atoms with Crippen molar-refractivity contribution < 1.29 is 14.7 Å². The van der Waals surface area contributed by atoms with Crippen LogP contribution >= 0.6 is 6.72 Å². The second kappa shape index (κ2) is 16.5. The van der Waals surface area contributed by atoms with E-state index in [0.717, 1.165) is 0 Å². The Kier molecular flexibility index (Phi) is 21.3. The van der Waals surface area contributed by atoms with Crippen molar-refractivity contribution in [1.82, 2.24) is 9.80 Å². The highest BCUT2D eigenvalue weighted by molar-refractivity contribution is 8.06. The monoisotopic (exact) mass is 316 g/mol. The topological polar surface area (TPSA) is 67.2 Å². The fraction of sp³-hybridized carbons (Fsp3) is 1.00. The van der Waals surface area contributed by atoms with Crippen molar-refractivity contribution in [2.75, 3.05) is 39.3 Å². The number of hydrogen-bond acceptors (Lipinski definition) is 3. The molecule has 7 heteroatoms. The fourth-order valence-electron chi connectivity index (χ4n) is 1.34. The summed E-state index contributed by atoms with van der Waals surface area (Å²) in [7, 11) is 0. The summed E-state index contributed by atoms with van der Waals surface area (Å²) in [6.07, 6.45) is 0. The van der Waals surface area contributed by atoms with Crippen molar-refractivity contribution in [3.63, 3.8) is 0 Å². The molecule has 0 aromatic rings. The van der Waals surface area contributed by atoms with Crippen LogP contribution < -0.4 is 0 Å². The van der Waals surface area contributed by atoms with Gasteiger partial charge in [0.1, 0.15) is 0 Å². The lowest BCUT2D eigenvalue weighted by Gasteiger charge is -2.13. The molecule has 0 unspecified atom stereocenters. The average Bonchev–Trinajstić information content (AvgIpc) is 2.32. The highest BCUT2D eigenvalue weighted by atomic mass is 32.5. The van der Waals surface area contributed by atoms with Crippen molar-refractivity contribution in [3.8, 4) is 0 Å². The van der Waals surface area contributed by atoms with Crippen molar-refractivity contribution >= 4 is 18.5 Å². The normalized spacial score (nSPS) is 10.7. The second-order valence-electron chi connectivity index (χ2n) is 3.75. The van der Waals surface area contributed by atoms with E-state index in [1.165, 1.54) is 39.3 Å². The Balaban J connectivity index is -0.000000206. The lowest BCUT2D eigenvalue weighted by molar-refractivity contribution is 0.321. The minimum atomic E-state index is -3.81. The van der Waals surface area contributed by atoms with Gasteiger partial charge in [0.15, 0.2) is 0 Å². The van der Waals surface area contributed by atoms with Gasteiger partial charge in [-0.1, -0.05) is 41.5 Å². The molecule has 19 heavy (non-hydrogen) atoms. The first-order valence-electron chi connectivity index (χ1n) is 6.92. The Labute approximate surface area is 124 Å². The number of rotatable bonds is 6. The molecule has 0 atom stereocenters. The average molecular weight is 316 g/mol. The van der Waals surface area contributed by atoms with Gasteiger partial charge >= 0.3 is 6.72 Å². The smallest absolute Gasteiger partial charge is 0.319 e. The Morgan fingerprint density at radius 3 is 0.737 bits per heavy atom. The van der Waals surface area contributed by atoms with E-state index in [0.29, 0.717) is 0 Å². The van der Waals surface area contributed by atoms with Gasteiger partial charge in [-0.2, -0.15) is 0 Å². The van der Waals surface area contributed by atoms with Gasteiger partial charge in [-0.15, -0.1) is 0 Å². The maximum Gasteiger partial charge on any atom is 0.319 e. The Morgan fingerprint density at radius 2 is 0.737 bits per heavy atom. The summed E-state index contributed by atoms with van der Waals surface area (Å²) in [5, 5.41) is 0. The zero-order chi connectivity index (χ0) is 15.9. The third-order valence-corrected chi connectivity index (χ3v) is 2.68. The van der Waals surface area contributed by atoms with Gasteiger partial charge in [0.05, 0.1) is 0 Å². The summed E-state index contributed by atoms with van der Waals surface area (Å²) in [6, 6.07) is 0. The zero-order valence-corrected chi connectivity index (χ0v) is 15.0. The van der Waals surface area contributed by atoms with Gasteiger partial charge in [0.25, 0.3) is 0 Å². The van der Waals surface area contributed by atoms with Crippen LogP contribution in [-0.4, -0.2) is 63.7 Å². The lowest BCUT2D eigenvalue weighted by Crippen LogP contribution is -2.21. The molecule has 0 aliphatic rings. The molecule has 0 rings (SSSR count). The molecule has 0 bridgehead atoms. The molecule has 0 radical (unpaired) electrons. The molecular formula is C12H33N2O3PS. The van der Waals surface area contributed by atoms with E-state index in [9.17, 15) is 0 Å². The van der Waals surface area contributed by atoms with Crippen molar-refractivity contribution in [3.05, 3.63) is 0 Å².